The number of nitrogens with zero attached hydrogens (tertiary/aromatic N) is 2. The second-order valence-corrected chi connectivity index (χ2v) is 8.31. The monoisotopic (exact) mass is 453 g/mol. The molecule has 0 bridgehead atoms. The van der Waals surface area contributed by atoms with Crippen LogP contribution in [-0.4, -0.2) is 35.9 Å². The van der Waals surface area contributed by atoms with Gasteiger partial charge in [-0.2, -0.15) is 0 Å². The van der Waals surface area contributed by atoms with Crippen molar-refractivity contribution >= 4 is 53.7 Å². The predicted octanol–water partition coefficient (Wildman–Crippen LogP) is 4.58. The minimum absolute atomic E-state index is 0. The van der Waals surface area contributed by atoms with E-state index >= 15 is 0 Å². The average molecular weight is 455 g/mol. The smallest absolute Gasteiger partial charge is 0.265 e. The van der Waals surface area contributed by atoms with E-state index < -0.39 is 0 Å². The van der Waals surface area contributed by atoms with Crippen LogP contribution in [0.4, 0.5) is 0 Å². The number of thiazole rings is 1. The zero-order chi connectivity index (χ0) is 18.6. The van der Waals surface area contributed by atoms with Crippen molar-refractivity contribution in [3.63, 3.8) is 0 Å². The van der Waals surface area contributed by atoms with Crippen molar-refractivity contribution in [3.8, 4) is 5.75 Å². The Balaban J connectivity index is 0.00000338. The molecule has 1 aromatic carbocycles. The van der Waals surface area contributed by atoms with Crippen LogP contribution in [0.2, 0.25) is 5.02 Å². The van der Waals surface area contributed by atoms with Gasteiger partial charge in [0, 0.05) is 18.6 Å². The predicted molar refractivity (Wildman–Crippen MR) is 117 cm³/mol. The molecule has 27 heavy (non-hydrogen) atoms. The molecule has 152 valence electrons. The lowest BCUT2D eigenvalue weighted by atomic mass is 9.93. The molecular weight excluding hydrogens is 429 g/mol. The van der Waals surface area contributed by atoms with Gasteiger partial charge in [0.1, 0.15) is 22.2 Å². The largest absolute Gasteiger partial charge is 0.486 e. The van der Waals surface area contributed by atoms with Crippen LogP contribution in [0, 0.1) is 12.3 Å². The number of amides is 1. The van der Waals surface area contributed by atoms with Crippen LogP contribution in [0.3, 0.4) is 0 Å². The molecule has 5 nitrogen and oxygen atoms in total. The summed E-state index contributed by atoms with van der Waals surface area (Å²) in [6.07, 6.45) is 0. The third-order valence-electron chi connectivity index (χ3n) is 3.78. The van der Waals surface area contributed by atoms with Crippen LogP contribution in [0.25, 0.3) is 0 Å². The summed E-state index contributed by atoms with van der Waals surface area (Å²) in [6.45, 7) is 7.36. The number of hydrogen-bond donors (Lipinski definition) is 1. The van der Waals surface area contributed by atoms with E-state index in [1.54, 1.807) is 36.2 Å². The molecule has 9 heteroatoms. The Labute approximate surface area is 182 Å². The molecule has 0 aliphatic carbocycles. The van der Waals surface area contributed by atoms with Crippen LogP contribution < -0.4 is 10.5 Å². The lowest BCUT2D eigenvalue weighted by Crippen LogP contribution is -2.39. The molecule has 0 aliphatic heterocycles. The van der Waals surface area contributed by atoms with Crippen molar-refractivity contribution in [3.05, 3.63) is 44.9 Å². The third kappa shape index (κ3) is 7.47. The molecule has 0 aliphatic rings. The Morgan fingerprint density at radius 2 is 1.89 bits per heavy atom. The summed E-state index contributed by atoms with van der Waals surface area (Å²) >= 11 is 7.23. The first-order valence-corrected chi connectivity index (χ1v) is 9.21. The molecule has 1 aromatic heterocycles. The molecule has 2 aromatic rings. The van der Waals surface area contributed by atoms with Gasteiger partial charge in [0.15, 0.2) is 0 Å². The summed E-state index contributed by atoms with van der Waals surface area (Å²) in [4.78, 5) is 19.5. The Kier molecular flexibility index (Phi) is 10.6. The molecule has 0 saturated carbocycles. The number of carbonyl (C=O) groups is 1. The van der Waals surface area contributed by atoms with E-state index in [-0.39, 0.29) is 36.1 Å². The average Bonchev–Trinajstić information content (AvgIpc) is 2.94. The van der Waals surface area contributed by atoms with Gasteiger partial charge in [-0.25, -0.2) is 4.98 Å². The minimum atomic E-state index is -0.122. The Hall–Kier alpha value is -1.05. The van der Waals surface area contributed by atoms with E-state index in [2.05, 4.69) is 4.98 Å². The summed E-state index contributed by atoms with van der Waals surface area (Å²) in [7, 11) is 1.79. The molecule has 2 rings (SSSR count). The molecule has 1 amide bonds. The Morgan fingerprint density at radius 3 is 2.44 bits per heavy atom. The molecule has 1 heterocycles. The second-order valence-electron chi connectivity index (χ2n) is 6.79. The van der Waals surface area contributed by atoms with Crippen molar-refractivity contribution in [1.29, 1.82) is 0 Å². The number of ether oxygens (including phenoxy) is 1. The molecule has 2 N–H and O–H groups in total. The van der Waals surface area contributed by atoms with Gasteiger partial charge in [-0.05, 0) is 43.1 Å². The molecular formula is C18H26Cl3N3O2S. The summed E-state index contributed by atoms with van der Waals surface area (Å²) < 4.78 is 5.70. The van der Waals surface area contributed by atoms with Crippen LogP contribution in [-0.2, 0) is 6.61 Å². The van der Waals surface area contributed by atoms with E-state index in [1.165, 1.54) is 11.3 Å². The topological polar surface area (TPSA) is 68.5 Å². The number of aromatic nitrogens is 1. The quantitative estimate of drug-likeness (QED) is 0.664. The van der Waals surface area contributed by atoms with E-state index in [4.69, 9.17) is 22.1 Å². The molecule has 0 spiro atoms. The number of nitrogens with two attached hydrogens (primary N) is 1. The fourth-order valence-corrected chi connectivity index (χ4v) is 3.44. The van der Waals surface area contributed by atoms with Crippen LogP contribution in [0.5, 0.6) is 5.75 Å². The highest BCUT2D eigenvalue weighted by molar-refractivity contribution is 7.13. The van der Waals surface area contributed by atoms with Gasteiger partial charge in [-0.15, -0.1) is 36.2 Å². The standard InChI is InChI=1S/C18H24ClN3O2S.2ClH/c1-12-16(17(23)22(4)11-18(2,3)10-20)25-15(21-12)9-24-14-7-5-13(19)6-8-14;;/h5-8H,9-11,20H2,1-4H3;2*1H. The van der Waals surface area contributed by atoms with E-state index in [0.717, 1.165) is 10.7 Å². The van der Waals surface area contributed by atoms with E-state index in [1.807, 2.05) is 20.8 Å². The maximum absolute atomic E-state index is 12.7. The van der Waals surface area contributed by atoms with Crippen molar-refractivity contribution in [2.45, 2.75) is 27.4 Å². The van der Waals surface area contributed by atoms with Gasteiger partial charge in [0.05, 0.1) is 5.69 Å². The summed E-state index contributed by atoms with van der Waals surface area (Å²) in [5, 5.41) is 1.43. The fourth-order valence-electron chi connectivity index (χ4n) is 2.34. The van der Waals surface area contributed by atoms with E-state index in [0.29, 0.717) is 35.3 Å². The highest BCUT2D eigenvalue weighted by Crippen LogP contribution is 2.24. The zero-order valence-electron chi connectivity index (χ0n) is 15.8. The van der Waals surface area contributed by atoms with Crippen molar-refractivity contribution < 1.29 is 9.53 Å². The van der Waals surface area contributed by atoms with Gasteiger partial charge in [0.25, 0.3) is 5.91 Å². The highest BCUT2D eigenvalue weighted by atomic mass is 35.5. The minimum Gasteiger partial charge on any atom is -0.486 e. The van der Waals surface area contributed by atoms with Gasteiger partial charge < -0.3 is 15.4 Å². The molecule has 0 unspecified atom stereocenters. The number of halogens is 3. The molecule has 0 atom stereocenters. The van der Waals surface area contributed by atoms with E-state index in [9.17, 15) is 4.79 Å². The van der Waals surface area contributed by atoms with Gasteiger partial charge in [-0.1, -0.05) is 25.4 Å². The first-order valence-electron chi connectivity index (χ1n) is 8.02. The van der Waals surface area contributed by atoms with Gasteiger partial charge in [-0.3, -0.25) is 4.79 Å². The molecule has 0 saturated heterocycles. The zero-order valence-corrected chi connectivity index (χ0v) is 19.0. The van der Waals surface area contributed by atoms with Gasteiger partial charge in [0.2, 0.25) is 0 Å². The second kappa shape index (κ2) is 11.1. The SMILES string of the molecule is Cc1nc(COc2ccc(Cl)cc2)sc1C(=O)N(C)CC(C)(C)CN.Cl.Cl. The first kappa shape index (κ1) is 26.0. The summed E-state index contributed by atoms with van der Waals surface area (Å²) in [6, 6.07) is 7.15. The molecule has 0 radical (unpaired) electrons. The normalized spacial score (nSPS) is 10.6. The number of carbonyl (C=O) groups excluding carboxylic acids is 1. The Bertz CT molecular complexity index is 736. The third-order valence-corrected chi connectivity index (χ3v) is 5.15. The maximum atomic E-state index is 12.7. The highest BCUT2D eigenvalue weighted by Gasteiger charge is 2.24. The van der Waals surface area contributed by atoms with Crippen molar-refractivity contribution in [2.24, 2.45) is 11.1 Å². The van der Waals surface area contributed by atoms with Crippen molar-refractivity contribution in [1.82, 2.24) is 9.88 Å². The lowest BCUT2D eigenvalue weighted by Gasteiger charge is -2.28. The summed E-state index contributed by atoms with van der Waals surface area (Å²) in [5.74, 6) is 0.682. The molecule has 0 fully saturated rings. The lowest BCUT2D eigenvalue weighted by molar-refractivity contribution is 0.0744. The van der Waals surface area contributed by atoms with Gasteiger partial charge >= 0.3 is 0 Å². The Morgan fingerprint density at radius 1 is 1.30 bits per heavy atom. The maximum Gasteiger partial charge on any atom is 0.265 e. The summed E-state index contributed by atoms with van der Waals surface area (Å²) in [5.41, 5.74) is 6.36. The number of benzene rings is 1. The fraction of sp³-hybridized carbons (Fsp3) is 0.444. The number of rotatable bonds is 7. The van der Waals surface area contributed by atoms with Crippen LogP contribution >= 0.6 is 47.8 Å². The van der Waals surface area contributed by atoms with Crippen molar-refractivity contribution in [2.75, 3.05) is 20.1 Å². The first-order chi connectivity index (χ1) is 11.7. The van der Waals surface area contributed by atoms with Crippen LogP contribution in [0.15, 0.2) is 24.3 Å². The number of aryl methyl sites for hydroxylation is 1. The number of hydrogen-bond acceptors (Lipinski definition) is 5. The van der Waals surface area contributed by atoms with Crippen LogP contribution in [0.1, 0.15) is 34.2 Å².